The largest absolute Gasteiger partial charge is 0.349 e. The van der Waals surface area contributed by atoms with Gasteiger partial charge in [-0.15, -0.1) is 0 Å². The molecule has 26 heavy (non-hydrogen) atoms. The van der Waals surface area contributed by atoms with Crippen molar-refractivity contribution < 1.29 is 18.4 Å². The predicted octanol–water partition coefficient (Wildman–Crippen LogP) is 3.39. The van der Waals surface area contributed by atoms with Crippen molar-refractivity contribution in [2.45, 2.75) is 18.9 Å². The zero-order chi connectivity index (χ0) is 18.5. The molecule has 0 spiro atoms. The van der Waals surface area contributed by atoms with Gasteiger partial charge in [0, 0.05) is 24.8 Å². The Bertz CT molecular complexity index is 791. The molecule has 0 bridgehead atoms. The first-order chi connectivity index (χ1) is 12.5. The summed E-state index contributed by atoms with van der Waals surface area (Å²) in [7, 11) is 0. The number of nitrogens with zero attached hydrogens (tertiary/aromatic N) is 1. The zero-order valence-corrected chi connectivity index (χ0v) is 14.0. The number of piperidine rings is 1. The van der Waals surface area contributed by atoms with Crippen molar-refractivity contribution in [1.29, 1.82) is 0 Å². The van der Waals surface area contributed by atoms with Crippen LogP contribution in [0.4, 0.5) is 19.3 Å². The molecule has 0 unspecified atom stereocenters. The van der Waals surface area contributed by atoms with E-state index in [1.54, 1.807) is 17.0 Å². The van der Waals surface area contributed by atoms with Crippen LogP contribution < -0.4 is 10.6 Å². The summed E-state index contributed by atoms with van der Waals surface area (Å²) in [5.74, 6) is -2.07. The summed E-state index contributed by atoms with van der Waals surface area (Å²) in [5, 5.41) is 5.52. The molecule has 1 heterocycles. The van der Waals surface area contributed by atoms with Crippen LogP contribution in [0.3, 0.4) is 0 Å². The quantitative estimate of drug-likeness (QED) is 0.882. The lowest BCUT2D eigenvalue weighted by atomic mass is 10.0. The Morgan fingerprint density at radius 2 is 1.69 bits per heavy atom. The SMILES string of the molecule is O=C(NC1CCN(C(=O)Nc2ccccc2)CC1)c1cc(F)ccc1F. The van der Waals surface area contributed by atoms with Gasteiger partial charge in [-0.05, 0) is 43.2 Å². The van der Waals surface area contributed by atoms with Crippen LogP contribution in [0, 0.1) is 11.6 Å². The number of amides is 3. The fraction of sp³-hybridized carbons (Fsp3) is 0.263. The van der Waals surface area contributed by atoms with Crippen LogP contribution in [-0.4, -0.2) is 36.0 Å². The summed E-state index contributed by atoms with van der Waals surface area (Å²) in [5.41, 5.74) is 0.406. The summed E-state index contributed by atoms with van der Waals surface area (Å²) in [4.78, 5) is 26.0. The van der Waals surface area contributed by atoms with Gasteiger partial charge in [0.1, 0.15) is 11.6 Å². The highest BCUT2D eigenvalue weighted by molar-refractivity contribution is 5.94. The number of hydrogen-bond donors (Lipinski definition) is 2. The van der Waals surface area contributed by atoms with Gasteiger partial charge in [0.05, 0.1) is 5.56 Å². The Labute approximate surface area is 150 Å². The first-order valence-electron chi connectivity index (χ1n) is 8.40. The van der Waals surface area contributed by atoms with Gasteiger partial charge in [0.2, 0.25) is 0 Å². The van der Waals surface area contributed by atoms with Crippen molar-refractivity contribution in [3.05, 3.63) is 65.7 Å². The molecular weight excluding hydrogens is 340 g/mol. The molecule has 0 aromatic heterocycles. The van der Waals surface area contributed by atoms with Gasteiger partial charge in [-0.25, -0.2) is 13.6 Å². The van der Waals surface area contributed by atoms with E-state index in [0.29, 0.717) is 25.9 Å². The number of carbonyl (C=O) groups is 2. The van der Waals surface area contributed by atoms with E-state index in [1.165, 1.54) is 0 Å². The predicted molar refractivity (Wildman–Crippen MR) is 93.9 cm³/mol. The molecule has 2 aromatic rings. The van der Waals surface area contributed by atoms with E-state index < -0.39 is 17.5 Å². The van der Waals surface area contributed by atoms with Gasteiger partial charge in [-0.3, -0.25) is 4.79 Å². The molecule has 7 heteroatoms. The second-order valence-electron chi connectivity index (χ2n) is 6.16. The Hall–Kier alpha value is -2.96. The smallest absolute Gasteiger partial charge is 0.321 e. The summed E-state index contributed by atoms with van der Waals surface area (Å²) in [6, 6.07) is 11.5. The first-order valence-corrected chi connectivity index (χ1v) is 8.40. The molecule has 1 saturated heterocycles. The molecule has 1 aliphatic heterocycles. The fourth-order valence-electron chi connectivity index (χ4n) is 2.89. The summed E-state index contributed by atoms with van der Waals surface area (Å²) in [6.07, 6.45) is 1.09. The molecule has 0 saturated carbocycles. The maximum atomic E-state index is 13.7. The first kappa shape index (κ1) is 17.8. The maximum absolute atomic E-state index is 13.7. The van der Waals surface area contributed by atoms with E-state index in [-0.39, 0.29) is 17.6 Å². The van der Waals surface area contributed by atoms with Crippen LogP contribution in [0.1, 0.15) is 23.2 Å². The highest BCUT2D eigenvalue weighted by atomic mass is 19.1. The minimum atomic E-state index is -0.761. The van der Waals surface area contributed by atoms with E-state index in [2.05, 4.69) is 10.6 Å². The topological polar surface area (TPSA) is 61.4 Å². The van der Waals surface area contributed by atoms with Crippen molar-refractivity contribution >= 4 is 17.6 Å². The number of rotatable bonds is 3. The summed E-state index contributed by atoms with van der Waals surface area (Å²) < 4.78 is 26.9. The molecule has 136 valence electrons. The monoisotopic (exact) mass is 359 g/mol. The molecule has 0 atom stereocenters. The van der Waals surface area contributed by atoms with Crippen LogP contribution in [-0.2, 0) is 0 Å². The molecule has 5 nitrogen and oxygen atoms in total. The minimum Gasteiger partial charge on any atom is -0.349 e. The number of urea groups is 1. The number of nitrogens with one attached hydrogen (secondary N) is 2. The number of hydrogen-bond acceptors (Lipinski definition) is 2. The summed E-state index contributed by atoms with van der Waals surface area (Å²) >= 11 is 0. The van der Waals surface area contributed by atoms with Crippen LogP contribution in [0.5, 0.6) is 0 Å². The lowest BCUT2D eigenvalue weighted by Gasteiger charge is -2.32. The standard InChI is InChI=1S/C19H19F2N3O2/c20-13-6-7-17(21)16(12-13)18(25)22-15-8-10-24(11-9-15)19(26)23-14-4-2-1-3-5-14/h1-7,12,15H,8-11H2,(H,22,25)(H,23,26). The maximum Gasteiger partial charge on any atom is 0.321 e. The Balaban J connectivity index is 1.51. The van der Waals surface area contributed by atoms with E-state index in [0.717, 1.165) is 23.9 Å². The van der Waals surface area contributed by atoms with Crippen LogP contribution >= 0.6 is 0 Å². The van der Waals surface area contributed by atoms with Gasteiger partial charge >= 0.3 is 6.03 Å². The van der Waals surface area contributed by atoms with E-state index >= 15 is 0 Å². The number of para-hydroxylation sites is 1. The van der Waals surface area contributed by atoms with Crippen molar-refractivity contribution in [3.8, 4) is 0 Å². The number of carbonyl (C=O) groups excluding carboxylic acids is 2. The average molecular weight is 359 g/mol. The van der Waals surface area contributed by atoms with E-state index in [9.17, 15) is 18.4 Å². The van der Waals surface area contributed by atoms with Gasteiger partial charge < -0.3 is 15.5 Å². The van der Waals surface area contributed by atoms with Crippen LogP contribution in [0.15, 0.2) is 48.5 Å². The molecule has 1 fully saturated rings. The summed E-state index contributed by atoms with van der Waals surface area (Å²) in [6.45, 7) is 0.935. The number of likely N-dealkylation sites (tertiary alicyclic amines) is 1. The van der Waals surface area contributed by atoms with Crippen molar-refractivity contribution in [3.63, 3.8) is 0 Å². The van der Waals surface area contributed by atoms with Crippen molar-refractivity contribution in [2.24, 2.45) is 0 Å². The minimum absolute atomic E-state index is 0.189. The molecule has 0 aliphatic carbocycles. The number of benzene rings is 2. The highest BCUT2D eigenvalue weighted by Crippen LogP contribution is 2.15. The van der Waals surface area contributed by atoms with Gasteiger partial charge in [-0.1, -0.05) is 18.2 Å². The van der Waals surface area contributed by atoms with Crippen LogP contribution in [0.2, 0.25) is 0 Å². The Kier molecular flexibility index (Phi) is 5.46. The number of anilines is 1. The van der Waals surface area contributed by atoms with Crippen molar-refractivity contribution in [1.82, 2.24) is 10.2 Å². The second kappa shape index (κ2) is 7.95. The second-order valence-corrected chi connectivity index (χ2v) is 6.16. The molecule has 2 N–H and O–H groups in total. The zero-order valence-electron chi connectivity index (χ0n) is 14.0. The average Bonchev–Trinajstić information content (AvgIpc) is 2.65. The third kappa shape index (κ3) is 4.36. The number of halogens is 2. The highest BCUT2D eigenvalue weighted by Gasteiger charge is 2.25. The van der Waals surface area contributed by atoms with Gasteiger partial charge in [0.25, 0.3) is 5.91 Å². The normalized spacial score (nSPS) is 14.8. The molecule has 2 aromatic carbocycles. The molecule has 0 radical (unpaired) electrons. The van der Waals surface area contributed by atoms with E-state index in [1.807, 2.05) is 18.2 Å². The van der Waals surface area contributed by atoms with Gasteiger partial charge in [0.15, 0.2) is 0 Å². The third-order valence-corrected chi connectivity index (χ3v) is 4.32. The van der Waals surface area contributed by atoms with Crippen molar-refractivity contribution in [2.75, 3.05) is 18.4 Å². The lowest BCUT2D eigenvalue weighted by Crippen LogP contribution is -2.47. The molecule has 3 rings (SSSR count). The van der Waals surface area contributed by atoms with E-state index in [4.69, 9.17) is 0 Å². The fourth-order valence-corrected chi connectivity index (χ4v) is 2.89. The third-order valence-electron chi connectivity index (χ3n) is 4.32. The van der Waals surface area contributed by atoms with Gasteiger partial charge in [-0.2, -0.15) is 0 Å². The molecular formula is C19H19F2N3O2. The Morgan fingerprint density at radius 1 is 1.00 bits per heavy atom. The lowest BCUT2D eigenvalue weighted by molar-refractivity contribution is 0.0914. The molecule has 1 aliphatic rings. The molecule has 3 amide bonds. The van der Waals surface area contributed by atoms with Crippen LogP contribution in [0.25, 0.3) is 0 Å². The Morgan fingerprint density at radius 3 is 2.38 bits per heavy atom.